The van der Waals surface area contributed by atoms with E-state index < -0.39 is 5.97 Å². The van der Waals surface area contributed by atoms with Gasteiger partial charge in [-0.2, -0.15) is 0 Å². The molecule has 0 atom stereocenters. The first-order valence-corrected chi connectivity index (χ1v) is 3.95. The van der Waals surface area contributed by atoms with Crippen molar-refractivity contribution in [2.45, 2.75) is 39.5 Å². The van der Waals surface area contributed by atoms with Gasteiger partial charge in [-0.3, -0.25) is 4.79 Å². The van der Waals surface area contributed by atoms with Gasteiger partial charge in [0, 0.05) is 17.1 Å². The Bertz CT molecular complexity index is 98.3. The van der Waals surface area contributed by atoms with Crippen molar-refractivity contribution in [2.75, 3.05) is 0 Å². The Labute approximate surface area is 78.8 Å². The summed E-state index contributed by atoms with van der Waals surface area (Å²) in [5.74, 6) is -0.737. The molecule has 0 fully saturated rings. The van der Waals surface area contributed by atoms with Crippen molar-refractivity contribution < 1.29 is 27.0 Å². The van der Waals surface area contributed by atoms with E-state index in [0.29, 0.717) is 0 Å². The smallest absolute Gasteiger partial charge is 0.306 e. The standard InChI is InChI=1S/C8H16O2.Cu/c1-3-5-7(6-4-2)8(9)10;/h7H,3-6H2,1-2H3,(H,9,10);. The van der Waals surface area contributed by atoms with Gasteiger partial charge in [0.1, 0.15) is 0 Å². The Morgan fingerprint density at radius 2 is 1.64 bits per heavy atom. The van der Waals surface area contributed by atoms with Crippen LogP contribution in [0.3, 0.4) is 0 Å². The summed E-state index contributed by atoms with van der Waals surface area (Å²) in [5, 5.41) is 8.64. The van der Waals surface area contributed by atoms with Crippen LogP contribution in [0.15, 0.2) is 0 Å². The van der Waals surface area contributed by atoms with Crippen molar-refractivity contribution in [3.63, 3.8) is 0 Å². The van der Waals surface area contributed by atoms with Gasteiger partial charge in [0.05, 0.1) is 5.92 Å². The zero-order valence-corrected chi connectivity index (χ0v) is 8.00. The number of rotatable bonds is 5. The third kappa shape index (κ3) is 6.39. The van der Waals surface area contributed by atoms with Crippen LogP contribution in [0.25, 0.3) is 0 Å². The predicted molar refractivity (Wildman–Crippen MR) is 40.9 cm³/mol. The Hall–Kier alpha value is -0.0105. The van der Waals surface area contributed by atoms with E-state index in [1.807, 2.05) is 13.8 Å². The average molecular weight is 208 g/mol. The molecule has 0 saturated heterocycles. The van der Waals surface area contributed by atoms with E-state index in [1.54, 1.807) is 0 Å². The zero-order chi connectivity index (χ0) is 7.98. The van der Waals surface area contributed by atoms with Crippen LogP contribution in [0.4, 0.5) is 0 Å². The van der Waals surface area contributed by atoms with Crippen molar-refractivity contribution in [1.82, 2.24) is 0 Å². The molecule has 0 amide bonds. The molecule has 0 aliphatic carbocycles. The maximum Gasteiger partial charge on any atom is 0.306 e. The number of hydrogen-bond donors (Lipinski definition) is 1. The molecule has 0 aromatic rings. The second-order valence-corrected chi connectivity index (χ2v) is 2.61. The van der Waals surface area contributed by atoms with E-state index in [1.165, 1.54) is 0 Å². The average Bonchev–Trinajstić information content (AvgIpc) is 1.87. The summed E-state index contributed by atoms with van der Waals surface area (Å²) in [6.07, 6.45) is 3.58. The molecule has 0 heterocycles. The molecule has 0 aliphatic heterocycles. The van der Waals surface area contributed by atoms with E-state index >= 15 is 0 Å². The number of carboxylic acids is 1. The zero-order valence-electron chi connectivity index (χ0n) is 7.06. The van der Waals surface area contributed by atoms with E-state index in [2.05, 4.69) is 0 Å². The molecule has 71 valence electrons. The van der Waals surface area contributed by atoms with Crippen LogP contribution in [0.1, 0.15) is 39.5 Å². The minimum atomic E-state index is -0.635. The second-order valence-electron chi connectivity index (χ2n) is 2.61. The van der Waals surface area contributed by atoms with Gasteiger partial charge in [-0.25, -0.2) is 0 Å². The fourth-order valence-corrected chi connectivity index (χ4v) is 1.09. The van der Waals surface area contributed by atoms with Crippen LogP contribution in [0.5, 0.6) is 0 Å². The Kier molecular flexibility index (Phi) is 9.98. The molecule has 1 radical (unpaired) electrons. The third-order valence-corrected chi connectivity index (χ3v) is 1.62. The Balaban J connectivity index is 0. The van der Waals surface area contributed by atoms with E-state index in [4.69, 9.17) is 5.11 Å². The Morgan fingerprint density at radius 3 is 1.82 bits per heavy atom. The summed E-state index contributed by atoms with van der Waals surface area (Å²) in [6.45, 7) is 4.04. The van der Waals surface area contributed by atoms with Gasteiger partial charge in [-0.05, 0) is 12.8 Å². The molecule has 1 N–H and O–H groups in total. The molecular formula is C8H16CuO2. The van der Waals surface area contributed by atoms with Gasteiger partial charge in [0.15, 0.2) is 0 Å². The molecule has 0 unspecified atom stereocenters. The summed E-state index contributed by atoms with van der Waals surface area (Å²) in [7, 11) is 0. The van der Waals surface area contributed by atoms with Gasteiger partial charge in [-0.1, -0.05) is 26.7 Å². The summed E-state index contributed by atoms with van der Waals surface area (Å²) < 4.78 is 0. The van der Waals surface area contributed by atoms with Gasteiger partial charge in [0.2, 0.25) is 0 Å². The van der Waals surface area contributed by atoms with Crippen LogP contribution in [0.2, 0.25) is 0 Å². The predicted octanol–water partition coefficient (Wildman–Crippen LogP) is 2.28. The quantitative estimate of drug-likeness (QED) is 0.703. The van der Waals surface area contributed by atoms with Crippen molar-refractivity contribution >= 4 is 5.97 Å². The normalized spacial score (nSPS) is 9.36. The van der Waals surface area contributed by atoms with E-state index in [-0.39, 0.29) is 23.0 Å². The molecule has 0 saturated carbocycles. The summed E-state index contributed by atoms with van der Waals surface area (Å²) >= 11 is 0. The summed E-state index contributed by atoms with van der Waals surface area (Å²) in [4.78, 5) is 10.5. The number of aliphatic carboxylic acids is 1. The number of carboxylic acid groups (broad SMARTS) is 1. The van der Waals surface area contributed by atoms with Gasteiger partial charge < -0.3 is 5.11 Å². The molecule has 3 heteroatoms. The molecule has 0 aromatic heterocycles. The van der Waals surface area contributed by atoms with Gasteiger partial charge in [0.25, 0.3) is 0 Å². The molecule has 0 aliphatic rings. The van der Waals surface area contributed by atoms with Crippen molar-refractivity contribution in [3.05, 3.63) is 0 Å². The molecule has 0 spiro atoms. The molecule has 11 heavy (non-hydrogen) atoms. The summed E-state index contributed by atoms with van der Waals surface area (Å²) in [6, 6.07) is 0. The van der Waals surface area contributed by atoms with Crippen molar-refractivity contribution in [1.29, 1.82) is 0 Å². The monoisotopic (exact) mass is 207 g/mol. The molecule has 2 nitrogen and oxygen atoms in total. The van der Waals surface area contributed by atoms with E-state index in [0.717, 1.165) is 25.7 Å². The van der Waals surface area contributed by atoms with Crippen LogP contribution >= 0.6 is 0 Å². The summed E-state index contributed by atoms with van der Waals surface area (Å²) in [5.41, 5.74) is 0. The van der Waals surface area contributed by atoms with Crippen LogP contribution < -0.4 is 0 Å². The van der Waals surface area contributed by atoms with Gasteiger partial charge >= 0.3 is 5.97 Å². The number of hydrogen-bond acceptors (Lipinski definition) is 1. The van der Waals surface area contributed by atoms with Crippen molar-refractivity contribution in [2.24, 2.45) is 5.92 Å². The fraction of sp³-hybridized carbons (Fsp3) is 0.875. The fourth-order valence-electron chi connectivity index (χ4n) is 1.09. The number of carbonyl (C=O) groups is 1. The maximum absolute atomic E-state index is 10.5. The molecular weight excluding hydrogens is 192 g/mol. The van der Waals surface area contributed by atoms with Crippen LogP contribution in [-0.2, 0) is 21.9 Å². The van der Waals surface area contributed by atoms with Crippen molar-refractivity contribution in [3.8, 4) is 0 Å². The second kappa shape index (κ2) is 8.09. The van der Waals surface area contributed by atoms with Gasteiger partial charge in [-0.15, -0.1) is 0 Å². The SMILES string of the molecule is CCCC(CCC)C(=O)O.[Cu]. The minimum Gasteiger partial charge on any atom is -0.481 e. The maximum atomic E-state index is 10.5. The molecule has 0 bridgehead atoms. The van der Waals surface area contributed by atoms with Crippen LogP contribution in [0, 0.1) is 5.92 Å². The molecule has 0 aromatic carbocycles. The molecule has 0 rings (SSSR count). The topological polar surface area (TPSA) is 37.3 Å². The van der Waals surface area contributed by atoms with Crippen LogP contribution in [-0.4, -0.2) is 11.1 Å². The largest absolute Gasteiger partial charge is 0.481 e. The first kappa shape index (κ1) is 13.6. The third-order valence-electron chi connectivity index (χ3n) is 1.62. The minimum absolute atomic E-state index is 0. The Morgan fingerprint density at radius 1 is 1.27 bits per heavy atom. The van der Waals surface area contributed by atoms with E-state index in [9.17, 15) is 4.79 Å². The first-order valence-electron chi connectivity index (χ1n) is 3.95. The first-order chi connectivity index (χ1) is 4.72.